The van der Waals surface area contributed by atoms with Gasteiger partial charge in [-0.25, -0.2) is 0 Å². The number of aromatic nitrogens is 1. The van der Waals surface area contributed by atoms with Crippen LogP contribution in [0.4, 0.5) is 5.69 Å². The minimum Gasteiger partial charge on any atom is -0.378 e. The maximum atomic E-state index is 9.61. The molecule has 0 saturated heterocycles. The van der Waals surface area contributed by atoms with Crippen molar-refractivity contribution >= 4 is 28.9 Å². The Morgan fingerprint density at radius 1 is 1.04 bits per heavy atom. The molecule has 0 saturated carbocycles. The molecule has 1 heterocycles. The standard InChI is InChI=1S/C23H22ClN3/c1-16-13-19(14-20(15-25)18-5-7-21(24)8-6-18)17(2)27(16)23-11-9-22(10-12-23)26(3)4/h5-14H,1-4H3. The van der Waals surface area contributed by atoms with E-state index >= 15 is 0 Å². The number of hydrogen-bond acceptors (Lipinski definition) is 2. The number of aryl methyl sites for hydroxylation is 1. The molecule has 0 aliphatic heterocycles. The molecule has 0 aliphatic rings. The van der Waals surface area contributed by atoms with Crippen molar-refractivity contribution in [3.63, 3.8) is 0 Å². The fourth-order valence-electron chi connectivity index (χ4n) is 3.20. The Kier molecular flexibility index (Phi) is 5.39. The molecule has 3 rings (SSSR count). The molecule has 0 bridgehead atoms. The number of nitrogens with zero attached hydrogens (tertiary/aromatic N) is 3. The van der Waals surface area contributed by atoms with Gasteiger partial charge in [-0.05, 0) is 73.5 Å². The number of nitriles is 1. The second-order valence-electron chi connectivity index (χ2n) is 6.75. The minimum absolute atomic E-state index is 0.620. The van der Waals surface area contributed by atoms with Gasteiger partial charge < -0.3 is 9.47 Å². The average Bonchev–Trinajstić information content (AvgIpc) is 2.94. The first-order valence-electron chi connectivity index (χ1n) is 8.75. The molecular weight excluding hydrogens is 354 g/mol. The van der Waals surface area contributed by atoms with Crippen LogP contribution in [0, 0.1) is 25.2 Å². The molecule has 3 nitrogen and oxygen atoms in total. The lowest BCUT2D eigenvalue weighted by Crippen LogP contribution is -2.08. The highest BCUT2D eigenvalue weighted by atomic mass is 35.5. The summed E-state index contributed by atoms with van der Waals surface area (Å²) in [7, 11) is 4.06. The second kappa shape index (κ2) is 7.73. The third-order valence-electron chi connectivity index (χ3n) is 4.67. The van der Waals surface area contributed by atoms with E-state index in [2.05, 4.69) is 59.7 Å². The van der Waals surface area contributed by atoms with E-state index in [0.29, 0.717) is 10.6 Å². The number of anilines is 1. The first-order valence-corrected chi connectivity index (χ1v) is 9.13. The lowest BCUT2D eigenvalue weighted by atomic mass is 10.0. The van der Waals surface area contributed by atoms with Crippen LogP contribution in [0.5, 0.6) is 0 Å². The molecule has 136 valence electrons. The molecule has 0 radical (unpaired) electrons. The highest BCUT2D eigenvalue weighted by Crippen LogP contribution is 2.26. The maximum absolute atomic E-state index is 9.61. The number of allylic oxidation sites excluding steroid dienone is 1. The summed E-state index contributed by atoms with van der Waals surface area (Å²) in [5.74, 6) is 0. The molecule has 0 N–H and O–H groups in total. The van der Waals surface area contributed by atoms with Crippen molar-refractivity contribution in [3.8, 4) is 11.8 Å². The number of hydrogen-bond donors (Lipinski definition) is 0. The highest BCUT2D eigenvalue weighted by Gasteiger charge is 2.11. The van der Waals surface area contributed by atoms with E-state index in [1.807, 2.05) is 32.3 Å². The largest absolute Gasteiger partial charge is 0.378 e. The second-order valence-corrected chi connectivity index (χ2v) is 7.19. The van der Waals surface area contributed by atoms with E-state index in [0.717, 1.165) is 33.9 Å². The SMILES string of the molecule is Cc1cc(C=C(C#N)c2ccc(Cl)cc2)c(C)n1-c1ccc(N(C)C)cc1. The molecule has 0 amide bonds. The summed E-state index contributed by atoms with van der Waals surface area (Å²) in [6.07, 6.45) is 1.94. The Labute approximate surface area is 165 Å². The normalized spacial score (nSPS) is 11.3. The third kappa shape index (κ3) is 3.92. The first-order chi connectivity index (χ1) is 12.9. The molecular formula is C23H22ClN3. The first kappa shape index (κ1) is 18.8. The van der Waals surface area contributed by atoms with Crippen LogP contribution < -0.4 is 4.90 Å². The van der Waals surface area contributed by atoms with Gasteiger partial charge in [0.25, 0.3) is 0 Å². The van der Waals surface area contributed by atoms with Crippen LogP contribution in [-0.2, 0) is 0 Å². The van der Waals surface area contributed by atoms with Gasteiger partial charge in [-0.2, -0.15) is 5.26 Å². The summed E-state index contributed by atoms with van der Waals surface area (Å²) in [5.41, 5.74) is 7.03. The molecule has 1 aromatic heterocycles. The molecule has 0 spiro atoms. The quantitative estimate of drug-likeness (QED) is 0.533. The topological polar surface area (TPSA) is 32.0 Å². The van der Waals surface area contributed by atoms with E-state index in [9.17, 15) is 5.26 Å². The van der Waals surface area contributed by atoms with Crippen molar-refractivity contribution in [2.45, 2.75) is 13.8 Å². The molecule has 0 aliphatic carbocycles. The van der Waals surface area contributed by atoms with Gasteiger partial charge in [0.2, 0.25) is 0 Å². The summed E-state index contributed by atoms with van der Waals surface area (Å²) < 4.78 is 2.21. The van der Waals surface area contributed by atoms with Gasteiger partial charge in [0.15, 0.2) is 0 Å². The zero-order valence-corrected chi connectivity index (χ0v) is 16.7. The Morgan fingerprint density at radius 2 is 1.67 bits per heavy atom. The van der Waals surface area contributed by atoms with Crippen molar-refractivity contribution < 1.29 is 0 Å². The fraction of sp³-hybridized carbons (Fsp3) is 0.174. The van der Waals surface area contributed by atoms with Crippen molar-refractivity contribution in [2.75, 3.05) is 19.0 Å². The van der Waals surface area contributed by atoms with Crippen LogP contribution in [0.3, 0.4) is 0 Å². The molecule has 27 heavy (non-hydrogen) atoms. The average molecular weight is 376 g/mol. The van der Waals surface area contributed by atoms with Gasteiger partial charge in [-0.15, -0.1) is 0 Å². The van der Waals surface area contributed by atoms with Crippen molar-refractivity contribution in [1.82, 2.24) is 4.57 Å². The van der Waals surface area contributed by atoms with Gasteiger partial charge in [-0.1, -0.05) is 23.7 Å². The van der Waals surface area contributed by atoms with Crippen molar-refractivity contribution in [1.29, 1.82) is 5.26 Å². The molecule has 0 unspecified atom stereocenters. The Bertz CT molecular complexity index is 1020. The Hall–Kier alpha value is -2.96. The van der Waals surface area contributed by atoms with E-state index < -0.39 is 0 Å². The van der Waals surface area contributed by atoms with Crippen LogP contribution in [0.25, 0.3) is 17.3 Å². The van der Waals surface area contributed by atoms with E-state index in [1.54, 1.807) is 12.1 Å². The van der Waals surface area contributed by atoms with E-state index in [1.165, 1.54) is 0 Å². The summed E-state index contributed by atoms with van der Waals surface area (Å²) >= 11 is 5.96. The lowest BCUT2D eigenvalue weighted by Gasteiger charge is -2.15. The van der Waals surface area contributed by atoms with Crippen LogP contribution >= 0.6 is 11.6 Å². The molecule has 0 atom stereocenters. The molecule has 4 heteroatoms. The Morgan fingerprint density at radius 3 is 2.22 bits per heavy atom. The molecule has 2 aromatic carbocycles. The van der Waals surface area contributed by atoms with E-state index in [4.69, 9.17) is 11.6 Å². The van der Waals surface area contributed by atoms with Gasteiger partial charge in [0.1, 0.15) is 0 Å². The molecule has 3 aromatic rings. The summed E-state index contributed by atoms with van der Waals surface area (Å²) in [6, 6.07) is 20.2. The third-order valence-corrected chi connectivity index (χ3v) is 4.92. The van der Waals surface area contributed by atoms with Gasteiger partial charge >= 0.3 is 0 Å². The molecule has 0 fully saturated rings. The lowest BCUT2D eigenvalue weighted by molar-refractivity contribution is 0.963. The monoisotopic (exact) mass is 375 g/mol. The number of halogens is 1. The van der Waals surface area contributed by atoms with Crippen molar-refractivity contribution in [3.05, 3.63) is 82.1 Å². The van der Waals surface area contributed by atoms with Crippen LogP contribution in [0.2, 0.25) is 5.02 Å². The predicted molar refractivity (Wildman–Crippen MR) is 115 cm³/mol. The fourth-order valence-corrected chi connectivity index (χ4v) is 3.32. The predicted octanol–water partition coefficient (Wildman–Crippen LogP) is 5.88. The highest BCUT2D eigenvalue weighted by molar-refractivity contribution is 6.30. The van der Waals surface area contributed by atoms with E-state index in [-0.39, 0.29) is 0 Å². The zero-order chi connectivity index (χ0) is 19.6. The number of rotatable bonds is 4. The van der Waals surface area contributed by atoms with Crippen LogP contribution in [0.1, 0.15) is 22.5 Å². The smallest absolute Gasteiger partial charge is 0.0998 e. The Balaban J connectivity index is 2.02. The summed E-state index contributed by atoms with van der Waals surface area (Å²) in [6.45, 7) is 4.16. The minimum atomic E-state index is 0.620. The number of benzene rings is 2. The summed E-state index contributed by atoms with van der Waals surface area (Å²) in [5, 5.41) is 10.3. The van der Waals surface area contributed by atoms with Gasteiger partial charge in [-0.3, -0.25) is 0 Å². The van der Waals surface area contributed by atoms with Crippen LogP contribution in [0.15, 0.2) is 54.6 Å². The zero-order valence-electron chi connectivity index (χ0n) is 16.0. The van der Waals surface area contributed by atoms with Crippen molar-refractivity contribution in [2.24, 2.45) is 0 Å². The van der Waals surface area contributed by atoms with Gasteiger partial charge in [0, 0.05) is 41.9 Å². The maximum Gasteiger partial charge on any atom is 0.0998 e. The summed E-state index contributed by atoms with van der Waals surface area (Å²) in [4.78, 5) is 2.08. The van der Waals surface area contributed by atoms with Gasteiger partial charge in [0.05, 0.1) is 11.6 Å². The van der Waals surface area contributed by atoms with Crippen LogP contribution in [-0.4, -0.2) is 18.7 Å².